The van der Waals surface area contributed by atoms with Gasteiger partial charge in [-0.1, -0.05) is 37.6 Å². The standard InChI is InChI=1S/C15H14ClN3/c1-9(2)10-7-14(16)19-13-6-4-3-5-12(13)18-15(19)11(10)8-17/h3-7,9,15,18H,1-2H3/t15-/m1/s1. The first-order chi connectivity index (χ1) is 9.13. The number of rotatable bonds is 1. The number of hydrogen-bond acceptors (Lipinski definition) is 3. The molecule has 0 bridgehead atoms. The minimum absolute atomic E-state index is 0.183. The number of nitrogens with zero attached hydrogens (tertiary/aromatic N) is 2. The van der Waals surface area contributed by atoms with Crippen molar-refractivity contribution in [3.05, 3.63) is 46.6 Å². The molecule has 0 amide bonds. The average molecular weight is 272 g/mol. The SMILES string of the molecule is CC(C)C1=C(C#N)[C@@H]2Nc3ccccc3N2C(Cl)=C1. The van der Waals surface area contributed by atoms with E-state index >= 15 is 0 Å². The topological polar surface area (TPSA) is 39.1 Å². The second-order valence-corrected chi connectivity index (χ2v) is 5.42. The molecule has 3 nitrogen and oxygen atoms in total. The molecule has 0 aromatic heterocycles. The summed E-state index contributed by atoms with van der Waals surface area (Å²) in [5, 5.41) is 13.5. The lowest BCUT2D eigenvalue weighted by molar-refractivity contribution is 0.741. The lowest BCUT2D eigenvalue weighted by Gasteiger charge is -2.31. The van der Waals surface area contributed by atoms with E-state index in [1.165, 1.54) is 0 Å². The van der Waals surface area contributed by atoms with E-state index in [0.717, 1.165) is 22.5 Å². The molecule has 19 heavy (non-hydrogen) atoms. The zero-order valence-electron chi connectivity index (χ0n) is 10.8. The van der Waals surface area contributed by atoms with Crippen LogP contribution in [0.2, 0.25) is 0 Å². The number of fused-ring (bicyclic) bond motifs is 3. The Labute approximate surface area is 117 Å². The lowest BCUT2D eigenvalue weighted by Crippen LogP contribution is -2.38. The predicted octanol–water partition coefficient (Wildman–Crippen LogP) is 3.81. The van der Waals surface area contributed by atoms with E-state index in [4.69, 9.17) is 11.6 Å². The Morgan fingerprint density at radius 2 is 2.11 bits per heavy atom. The first-order valence-electron chi connectivity index (χ1n) is 6.29. The van der Waals surface area contributed by atoms with Crippen LogP contribution < -0.4 is 10.2 Å². The summed E-state index contributed by atoms with van der Waals surface area (Å²) in [6, 6.07) is 10.3. The Morgan fingerprint density at radius 1 is 1.37 bits per heavy atom. The van der Waals surface area contributed by atoms with Crippen LogP contribution in [0.5, 0.6) is 0 Å². The Hall–Kier alpha value is -1.92. The average Bonchev–Trinajstić information content (AvgIpc) is 2.78. The molecule has 1 N–H and O–H groups in total. The molecule has 4 heteroatoms. The maximum Gasteiger partial charge on any atom is 0.141 e. The first-order valence-corrected chi connectivity index (χ1v) is 6.67. The van der Waals surface area contributed by atoms with Gasteiger partial charge in [-0.3, -0.25) is 0 Å². The summed E-state index contributed by atoms with van der Waals surface area (Å²) in [6.07, 6.45) is 1.72. The van der Waals surface area contributed by atoms with E-state index in [-0.39, 0.29) is 12.1 Å². The molecule has 2 aliphatic heterocycles. The molecule has 1 atom stereocenters. The lowest BCUT2D eigenvalue weighted by atomic mass is 9.93. The van der Waals surface area contributed by atoms with Crippen molar-refractivity contribution in [1.29, 1.82) is 5.26 Å². The highest BCUT2D eigenvalue weighted by Gasteiger charge is 2.37. The van der Waals surface area contributed by atoms with Gasteiger partial charge in [0, 0.05) is 0 Å². The van der Waals surface area contributed by atoms with Gasteiger partial charge in [0.05, 0.1) is 23.0 Å². The summed E-state index contributed by atoms with van der Waals surface area (Å²) < 4.78 is 0. The van der Waals surface area contributed by atoms with Gasteiger partial charge in [-0.25, -0.2) is 0 Å². The molecule has 1 aromatic carbocycles. The molecule has 0 spiro atoms. The van der Waals surface area contributed by atoms with Crippen LogP contribution in [0, 0.1) is 17.2 Å². The van der Waals surface area contributed by atoms with Crippen LogP contribution >= 0.6 is 11.6 Å². The summed E-state index contributed by atoms with van der Waals surface area (Å²) in [5.74, 6) is 0.274. The van der Waals surface area contributed by atoms with Gasteiger partial charge in [0.1, 0.15) is 11.3 Å². The minimum Gasteiger partial charge on any atom is -0.359 e. The summed E-state index contributed by atoms with van der Waals surface area (Å²) in [4.78, 5) is 1.97. The molecule has 0 fully saturated rings. The summed E-state index contributed by atoms with van der Waals surface area (Å²) in [7, 11) is 0. The van der Waals surface area contributed by atoms with E-state index in [1.807, 2.05) is 35.2 Å². The minimum atomic E-state index is -0.183. The smallest absolute Gasteiger partial charge is 0.141 e. The first kappa shape index (κ1) is 12.1. The van der Waals surface area contributed by atoms with Crippen molar-refractivity contribution in [3.8, 4) is 6.07 Å². The van der Waals surface area contributed by atoms with Gasteiger partial charge in [-0.05, 0) is 29.7 Å². The van der Waals surface area contributed by atoms with E-state index in [1.54, 1.807) is 0 Å². The Kier molecular flexibility index (Phi) is 2.76. The van der Waals surface area contributed by atoms with Crippen LogP contribution in [-0.2, 0) is 0 Å². The van der Waals surface area contributed by atoms with E-state index < -0.39 is 0 Å². The third-order valence-electron chi connectivity index (χ3n) is 3.55. The number of halogens is 1. The Morgan fingerprint density at radius 3 is 2.79 bits per heavy atom. The number of benzene rings is 1. The van der Waals surface area contributed by atoms with Gasteiger partial charge in [-0.2, -0.15) is 5.26 Å². The summed E-state index contributed by atoms with van der Waals surface area (Å²) in [5.41, 5.74) is 3.78. The molecule has 0 radical (unpaired) electrons. The van der Waals surface area contributed by atoms with Gasteiger partial charge in [-0.15, -0.1) is 0 Å². The maximum absolute atomic E-state index is 9.48. The molecule has 0 saturated heterocycles. The molecule has 96 valence electrons. The maximum atomic E-state index is 9.48. The molecular formula is C15H14ClN3. The molecule has 0 aliphatic carbocycles. The van der Waals surface area contributed by atoms with Crippen LogP contribution in [0.4, 0.5) is 11.4 Å². The van der Waals surface area contributed by atoms with Gasteiger partial charge in [0.15, 0.2) is 0 Å². The van der Waals surface area contributed by atoms with Crippen molar-refractivity contribution in [2.45, 2.75) is 20.0 Å². The van der Waals surface area contributed by atoms with Crippen molar-refractivity contribution in [3.63, 3.8) is 0 Å². The van der Waals surface area contributed by atoms with Gasteiger partial charge < -0.3 is 10.2 Å². The number of nitriles is 1. The monoisotopic (exact) mass is 271 g/mol. The normalized spacial score (nSPS) is 20.7. The van der Waals surface area contributed by atoms with Crippen LogP contribution in [0.25, 0.3) is 0 Å². The second-order valence-electron chi connectivity index (χ2n) is 5.04. The van der Waals surface area contributed by atoms with Crippen molar-refractivity contribution in [2.75, 3.05) is 10.2 Å². The highest BCUT2D eigenvalue weighted by molar-refractivity contribution is 6.32. The van der Waals surface area contributed by atoms with E-state index in [9.17, 15) is 5.26 Å². The van der Waals surface area contributed by atoms with Crippen molar-refractivity contribution < 1.29 is 0 Å². The second kappa shape index (κ2) is 4.32. The van der Waals surface area contributed by atoms with Crippen LogP contribution in [0.1, 0.15) is 13.8 Å². The zero-order valence-corrected chi connectivity index (χ0v) is 11.6. The number of anilines is 2. The summed E-state index contributed by atoms with van der Waals surface area (Å²) in [6.45, 7) is 4.15. The third kappa shape index (κ3) is 1.72. The molecule has 0 unspecified atom stereocenters. The van der Waals surface area contributed by atoms with Crippen molar-refractivity contribution in [2.24, 2.45) is 5.92 Å². The molecule has 2 aliphatic rings. The Bertz CT molecular complexity index is 637. The fourth-order valence-electron chi connectivity index (χ4n) is 2.63. The molecule has 1 aromatic rings. The van der Waals surface area contributed by atoms with E-state index in [2.05, 4.69) is 25.2 Å². The van der Waals surface area contributed by atoms with Crippen molar-refractivity contribution >= 4 is 23.0 Å². The fourth-order valence-corrected chi connectivity index (χ4v) is 2.94. The van der Waals surface area contributed by atoms with Crippen LogP contribution in [-0.4, -0.2) is 6.17 Å². The van der Waals surface area contributed by atoms with Gasteiger partial charge in [0.25, 0.3) is 0 Å². The number of hydrogen-bond donors (Lipinski definition) is 1. The number of allylic oxidation sites excluding steroid dienone is 2. The largest absolute Gasteiger partial charge is 0.359 e. The number of nitrogens with one attached hydrogen (secondary N) is 1. The van der Waals surface area contributed by atoms with Gasteiger partial charge >= 0.3 is 0 Å². The quantitative estimate of drug-likeness (QED) is 0.790. The highest BCUT2D eigenvalue weighted by Crippen LogP contribution is 2.44. The molecular weight excluding hydrogens is 258 g/mol. The molecule has 0 saturated carbocycles. The summed E-state index contributed by atoms with van der Waals surface area (Å²) >= 11 is 6.41. The van der Waals surface area contributed by atoms with Crippen molar-refractivity contribution in [1.82, 2.24) is 0 Å². The van der Waals surface area contributed by atoms with E-state index in [0.29, 0.717) is 5.16 Å². The Balaban J connectivity index is 2.15. The molecule has 2 heterocycles. The third-order valence-corrected chi connectivity index (χ3v) is 3.84. The number of para-hydroxylation sites is 2. The zero-order chi connectivity index (χ0) is 13.6. The highest BCUT2D eigenvalue weighted by atomic mass is 35.5. The predicted molar refractivity (Wildman–Crippen MR) is 77.7 cm³/mol. The fraction of sp³-hybridized carbons (Fsp3) is 0.267. The van der Waals surface area contributed by atoms with Crippen LogP contribution in [0.3, 0.4) is 0 Å². The van der Waals surface area contributed by atoms with Gasteiger partial charge in [0.2, 0.25) is 0 Å². The molecule has 3 rings (SSSR count). The van der Waals surface area contributed by atoms with Crippen LogP contribution in [0.15, 0.2) is 46.6 Å².